The van der Waals surface area contributed by atoms with Gasteiger partial charge in [0.05, 0.1) is 6.42 Å². The lowest BCUT2D eigenvalue weighted by Gasteiger charge is -2.03. The Morgan fingerprint density at radius 2 is 1.82 bits per heavy atom. The topological polar surface area (TPSA) is 106 Å². The number of halogens is 1. The van der Waals surface area contributed by atoms with Gasteiger partial charge >= 0.3 is 5.97 Å². The Kier molecular flexibility index (Phi) is 6.92. The van der Waals surface area contributed by atoms with E-state index in [1.54, 1.807) is 0 Å². The average Bonchev–Trinajstić information content (AvgIpc) is 1.58. The van der Waals surface area contributed by atoms with E-state index in [1.165, 1.54) is 0 Å². The normalized spacial score (nSPS) is 11.4. The first-order valence-corrected chi connectivity index (χ1v) is 2.78. The van der Waals surface area contributed by atoms with Gasteiger partial charge in [0.1, 0.15) is 0 Å². The van der Waals surface area contributed by atoms with Gasteiger partial charge in [0, 0.05) is 12.5 Å². The van der Waals surface area contributed by atoms with E-state index in [1.807, 2.05) is 0 Å². The van der Waals surface area contributed by atoms with Crippen molar-refractivity contribution in [2.75, 3.05) is 0 Å². The molecule has 6 heteroatoms. The van der Waals surface area contributed by atoms with E-state index >= 15 is 0 Å². The maximum atomic E-state index is 10.1. The van der Waals surface area contributed by atoms with Crippen molar-refractivity contribution >= 4 is 24.3 Å². The third-order valence-corrected chi connectivity index (χ3v) is 0.900. The van der Waals surface area contributed by atoms with Crippen LogP contribution in [0.3, 0.4) is 0 Å². The number of nitrogens with two attached hydrogens (primary N) is 2. The highest BCUT2D eigenvalue weighted by atomic mass is 35.5. The lowest BCUT2D eigenvalue weighted by molar-refractivity contribution is -0.137. The van der Waals surface area contributed by atoms with Gasteiger partial charge in [-0.15, -0.1) is 12.4 Å². The number of carbonyl (C=O) groups is 2. The molecule has 0 aliphatic rings. The largest absolute Gasteiger partial charge is 0.481 e. The summed E-state index contributed by atoms with van der Waals surface area (Å²) in [5, 5.41) is 8.16. The lowest BCUT2D eigenvalue weighted by Crippen LogP contribution is -2.29. The molecule has 0 aromatic rings. The zero-order valence-electron chi connectivity index (χ0n) is 5.82. The second-order valence-electron chi connectivity index (χ2n) is 2.03. The fraction of sp³-hybridized carbons (Fsp3) is 0.600. The third kappa shape index (κ3) is 9.19. The van der Waals surface area contributed by atoms with E-state index < -0.39 is 17.9 Å². The van der Waals surface area contributed by atoms with Gasteiger partial charge in [-0.2, -0.15) is 0 Å². The quantitative estimate of drug-likeness (QED) is 0.523. The van der Waals surface area contributed by atoms with E-state index in [2.05, 4.69) is 0 Å². The number of hydrogen-bond acceptors (Lipinski definition) is 3. The summed E-state index contributed by atoms with van der Waals surface area (Å²) in [6.45, 7) is 0. The van der Waals surface area contributed by atoms with E-state index in [0.29, 0.717) is 0 Å². The van der Waals surface area contributed by atoms with Crippen LogP contribution in [0, 0.1) is 0 Å². The van der Waals surface area contributed by atoms with E-state index in [0.717, 1.165) is 0 Å². The van der Waals surface area contributed by atoms with Crippen LogP contribution in [-0.2, 0) is 9.59 Å². The molecule has 0 rings (SSSR count). The van der Waals surface area contributed by atoms with Crippen LogP contribution in [0.1, 0.15) is 12.8 Å². The first-order chi connectivity index (χ1) is 4.52. The Balaban J connectivity index is 0. The Morgan fingerprint density at radius 3 is 2.09 bits per heavy atom. The van der Waals surface area contributed by atoms with Crippen LogP contribution in [0.25, 0.3) is 0 Å². The number of carbonyl (C=O) groups excluding carboxylic acids is 1. The van der Waals surface area contributed by atoms with E-state index in [4.69, 9.17) is 16.6 Å². The van der Waals surface area contributed by atoms with E-state index in [-0.39, 0.29) is 25.2 Å². The molecule has 5 N–H and O–H groups in total. The molecule has 0 heterocycles. The fourth-order valence-electron chi connectivity index (χ4n) is 0.555. The molecular weight excluding hydrogens is 172 g/mol. The summed E-state index contributed by atoms with van der Waals surface area (Å²) in [4.78, 5) is 20.1. The first-order valence-electron chi connectivity index (χ1n) is 2.78. The highest BCUT2D eigenvalue weighted by molar-refractivity contribution is 5.85. The molecule has 1 amide bonds. The molecule has 0 spiro atoms. The molecular formula is C5H11ClN2O3. The highest BCUT2D eigenvalue weighted by Gasteiger charge is 2.09. The predicted molar refractivity (Wildman–Crippen MR) is 41.3 cm³/mol. The second kappa shape index (κ2) is 5.94. The summed E-state index contributed by atoms with van der Waals surface area (Å²) in [7, 11) is 0. The van der Waals surface area contributed by atoms with Crippen LogP contribution in [-0.4, -0.2) is 23.0 Å². The number of aliphatic carboxylic acids is 1. The molecule has 0 aromatic carbocycles. The first kappa shape index (κ1) is 12.8. The van der Waals surface area contributed by atoms with Crippen molar-refractivity contribution in [2.45, 2.75) is 18.9 Å². The van der Waals surface area contributed by atoms with Gasteiger partial charge < -0.3 is 16.6 Å². The van der Waals surface area contributed by atoms with Crippen molar-refractivity contribution in [3.8, 4) is 0 Å². The van der Waals surface area contributed by atoms with Crippen molar-refractivity contribution in [2.24, 2.45) is 11.5 Å². The third-order valence-electron chi connectivity index (χ3n) is 0.900. The Hall–Kier alpha value is -0.810. The average molecular weight is 183 g/mol. The molecule has 1 unspecified atom stereocenters. The maximum Gasteiger partial charge on any atom is 0.304 e. The van der Waals surface area contributed by atoms with Gasteiger partial charge in [0.15, 0.2) is 0 Å². The van der Waals surface area contributed by atoms with Crippen LogP contribution < -0.4 is 11.5 Å². The molecule has 0 saturated carbocycles. The number of primary amides is 1. The molecule has 11 heavy (non-hydrogen) atoms. The van der Waals surface area contributed by atoms with Gasteiger partial charge in [-0.05, 0) is 0 Å². The van der Waals surface area contributed by atoms with Crippen molar-refractivity contribution in [1.29, 1.82) is 0 Å². The van der Waals surface area contributed by atoms with Gasteiger partial charge in [-0.25, -0.2) is 0 Å². The minimum Gasteiger partial charge on any atom is -0.481 e. The number of hydrogen-bond donors (Lipinski definition) is 3. The van der Waals surface area contributed by atoms with Crippen molar-refractivity contribution in [3.63, 3.8) is 0 Å². The molecule has 0 aromatic heterocycles. The van der Waals surface area contributed by atoms with Crippen LogP contribution >= 0.6 is 12.4 Å². The maximum absolute atomic E-state index is 10.1. The summed E-state index contributed by atoms with van der Waals surface area (Å²) in [6, 6.07) is -0.657. The monoisotopic (exact) mass is 182 g/mol. The lowest BCUT2D eigenvalue weighted by atomic mass is 10.1. The van der Waals surface area contributed by atoms with Crippen LogP contribution in [0.4, 0.5) is 0 Å². The Labute approximate surface area is 70.1 Å². The summed E-state index contributed by atoms with van der Waals surface area (Å²) >= 11 is 0. The van der Waals surface area contributed by atoms with Gasteiger partial charge in [-0.1, -0.05) is 0 Å². The molecule has 66 valence electrons. The number of carboxylic acid groups (broad SMARTS) is 1. The Bertz CT molecular complexity index is 135. The van der Waals surface area contributed by atoms with Crippen molar-refractivity contribution in [3.05, 3.63) is 0 Å². The molecule has 0 bridgehead atoms. The summed E-state index contributed by atoms with van der Waals surface area (Å²) in [5.41, 5.74) is 9.95. The van der Waals surface area contributed by atoms with Gasteiger partial charge in [0.2, 0.25) is 5.91 Å². The fourth-order valence-corrected chi connectivity index (χ4v) is 0.555. The number of amides is 1. The van der Waals surface area contributed by atoms with Crippen molar-refractivity contribution in [1.82, 2.24) is 0 Å². The van der Waals surface area contributed by atoms with Crippen LogP contribution in [0.2, 0.25) is 0 Å². The standard InChI is InChI=1S/C5H10N2O3.ClH/c6-3(1-4(7)8)2-5(9)10;/h3H,1-2,6H2,(H2,7,8)(H,9,10);1H. The van der Waals surface area contributed by atoms with Crippen LogP contribution in [0.15, 0.2) is 0 Å². The van der Waals surface area contributed by atoms with Crippen molar-refractivity contribution < 1.29 is 14.7 Å². The minimum absolute atomic E-state index is 0. The molecule has 0 aliphatic carbocycles. The summed E-state index contributed by atoms with van der Waals surface area (Å²) in [5.74, 6) is -1.59. The van der Waals surface area contributed by atoms with E-state index in [9.17, 15) is 9.59 Å². The highest BCUT2D eigenvalue weighted by Crippen LogP contribution is 1.92. The van der Waals surface area contributed by atoms with Gasteiger partial charge in [-0.3, -0.25) is 9.59 Å². The molecule has 5 nitrogen and oxygen atoms in total. The smallest absolute Gasteiger partial charge is 0.304 e. The molecule has 1 atom stereocenters. The predicted octanol–water partition coefficient (Wildman–Crippen LogP) is -0.914. The Morgan fingerprint density at radius 1 is 1.36 bits per heavy atom. The molecule has 0 aliphatic heterocycles. The molecule has 0 fully saturated rings. The molecule has 0 radical (unpaired) electrons. The summed E-state index contributed by atoms with van der Waals surface area (Å²) < 4.78 is 0. The zero-order chi connectivity index (χ0) is 8.15. The zero-order valence-corrected chi connectivity index (χ0v) is 6.63. The second-order valence-corrected chi connectivity index (χ2v) is 2.03. The SMILES string of the molecule is Cl.NC(=O)CC(N)CC(=O)O. The van der Waals surface area contributed by atoms with Gasteiger partial charge in [0.25, 0.3) is 0 Å². The number of rotatable bonds is 4. The number of carboxylic acids is 1. The summed E-state index contributed by atoms with van der Waals surface area (Å²) in [6.07, 6.45) is -0.296. The van der Waals surface area contributed by atoms with Crippen LogP contribution in [0.5, 0.6) is 0 Å². The minimum atomic E-state index is -1.02. The molecule has 0 saturated heterocycles.